The second-order valence-electron chi connectivity index (χ2n) is 3.42. The molecule has 2 rings (SSSR count). The third kappa shape index (κ3) is 0.620. The summed E-state index contributed by atoms with van der Waals surface area (Å²) in [6.07, 6.45) is 0.944. The van der Waals surface area contributed by atoms with Crippen LogP contribution in [0.1, 0.15) is 19.8 Å². The molecule has 0 amide bonds. The van der Waals surface area contributed by atoms with Crippen LogP contribution in [0.5, 0.6) is 0 Å². The Hall–Kier alpha value is -0.140. The predicted octanol–water partition coefficient (Wildman–Crippen LogP) is 2.09. The third-order valence-electron chi connectivity index (χ3n) is 2.53. The van der Waals surface area contributed by atoms with Crippen LogP contribution < -0.4 is 0 Å². The first-order chi connectivity index (χ1) is 4.14. The summed E-state index contributed by atoms with van der Waals surface area (Å²) in [4.78, 5) is 0. The van der Waals surface area contributed by atoms with Gasteiger partial charge in [-0.3, -0.25) is 0 Å². The number of alkyl halides is 2. The molecule has 9 heavy (non-hydrogen) atoms. The quantitative estimate of drug-likeness (QED) is 0.512. The summed E-state index contributed by atoms with van der Waals surface area (Å²) in [6.45, 7) is 1.38. The zero-order chi connectivity index (χ0) is 6.65. The molecule has 0 heterocycles. The summed E-state index contributed by atoms with van der Waals surface area (Å²) >= 11 is 0. The molecule has 3 atom stereocenters. The van der Waals surface area contributed by atoms with Crippen molar-refractivity contribution in [1.82, 2.24) is 0 Å². The van der Waals surface area contributed by atoms with E-state index in [1.807, 2.05) is 0 Å². The van der Waals surface area contributed by atoms with E-state index in [0.29, 0.717) is 5.92 Å². The average Bonchev–Trinajstić information content (AvgIpc) is 2.54. The van der Waals surface area contributed by atoms with Gasteiger partial charge in [0.1, 0.15) is 11.8 Å². The first kappa shape index (κ1) is 5.63. The number of rotatable bonds is 1. The Morgan fingerprint density at radius 2 is 1.89 bits per heavy atom. The van der Waals surface area contributed by atoms with E-state index in [1.165, 1.54) is 6.92 Å². The fraction of sp³-hybridized carbons (Fsp3) is 1.00. The van der Waals surface area contributed by atoms with Gasteiger partial charge >= 0.3 is 0 Å². The van der Waals surface area contributed by atoms with Crippen LogP contribution in [0.3, 0.4) is 0 Å². The van der Waals surface area contributed by atoms with Gasteiger partial charge in [0.2, 0.25) is 0 Å². The van der Waals surface area contributed by atoms with Crippen molar-refractivity contribution in [1.29, 1.82) is 0 Å². The molecule has 3 unspecified atom stereocenters. The van der Waals surface area contributed by atoms with E-state index in [4.69, 9.17) is 0 Å². The van der Waals surface area contributed by atoms with Gasteiger partial charge < -0.3 is 0 Å². The lowest BCUT2D eigenvalue weighted by molar-refractivity contribution is 0.262. The van der Waals surface area contributed by atoms with Crippen LogP contribution in [0.15, 0.2) is 0 Å². The van der Waals surface area contributed by atoms with Crippen LogP contribution in [0.2, 0.25) is 0 Å². The van der Waals surface area contributed by atoms with Crippen molar-refractivity contribution in [3.05, 3.63) is 0 Å². The predicted molar refractivity (Wildman–Crippen MR) is 30.6 cm³/mol. The number of hydrogen-bond acceptors (Lipinski definition) is 0. The fourth-order valence-electron chi connectivity index (χ4n) is 1.62. The zero-order valence-electron chi connectivity index (χ0n) is 5.40. The maximum Gasteiger partial charge on any atom is 0.145 e. The molecule has 0 aliphatic heterocycles. The van der Waals surface area contributed by atoms with Gasteiger partial charge in [0.05, 0.1) is 0 Å². The molecule has 2 aliphatic rings. The molecule has 0 aromatic carbocycles. The molecule has 0 spiro atoms. The molecule has 0 aromatic heterocycles. The highest BCUT2D eigenvalue weighted by Gasteiger charge is 2.68. The van der Waals surface area contributed by atoms with E-state index in [1.54, 1.807) is 0 Å². The first-order valence-electron chi connectivity index (χ1n) is 3.47. The SMILES string of the molecule is CC1(F)C(F)C1C1CC1. The van der Waals surface area contributed by atoms with Crippen LogP contribution in [-0.2, 0) is 0 Å². The van der Waals surface area contributed by atoms with E-state index in [-0.39, 0.29) is 5.92 Å². The molecular formula is C7H10F2. The normalized spacial score (nSPS) is 57.7. The minimum atomic E-state index is -1.46. The van der Waals surface area contributed by atoms with Crippen LogP contribution in [0, 0.1) is 11.8 Å². The van der Waals surface area contributed by atoms with Crippen molar-refractivity contribution >= 4 is 0 Å². The van der Waals surface area contributed by atoms with Crippen molar-refractivity contribution in [2.75, 3.05) is 0 Å². The molecule has 2 aliphatic carbocycles. The Labute approximate surface area is 53.2 Å². The van der Waals surface area contributed by atoms with Gasteiger partial charge in [-0.05, 0) is 25.7 Å². The van der Waals surface area contributed by atoms with Crippen LogP contribution in [-0.4, -0.2) is 11.8 Å². The molecule has 0 aromatic rings. The summed E-state index contributed by atoms with van der Waals surface area (Å²) in [7, 11) is 0. The Morgan fingerprint density at radius 3 is 2.00 bits per heavy atom. The molecule has 52 valence electrons. The van der Waals surface area contributed by atoms with Gasteiger partial charge in [0.15, 0.2) is 0 Å². The Balaban J connectivity index is 2.03. The summed E-state index contributed by atoms with van der Waals surface area (Å²) in [6, 6.07) is 0. The molecule has 2 heteroatoms. The van der Waals surface area contributed by atoms with Gasteiger partial charge in [-0.1, -0.05) is 0 Å². The van der Waals surface area contributed by atoms with E-state index in [0.717, 1.165) is 12.8 Å². The smallest absolute Gasteiger partial charge is 0.145 e. The van der Waals surface area contributed by atoms with Crippen molar-refractivity contribution in [2.24, 2.45) is 11.8 Å². The Bertz CT molecular complexity index is 138. The van der Waals surface area contributed by atoms with Gasteiger partial charge in [-0.25, -0.2) is 8.78 Å². The molecule has 2 fully saturated rings. The topological polar surface area (TPSA) is 0 Å². The molecular weight excluding hydrogens is 122 g/mol. The van der Waals surface area contributed by atoms with Crippen LogP contribution >= 0.6 is 0 Å². The summed E-state index contributed by atoms with van der Waals surface area (Å²) < 4.78 is 25.2. The van der Waals surface area contributed by atoms with E-state index < -0.39 is 11.8 Å². The summed E-state index contributed by atoms with van der Waals surface area (Å²) in [5, 5.41) is 0. The molecule has 2 saturated carbocycles. The fourth-order valence-corrected chi connectivity index (χ4v) is 1.62. The molecule has 0 saturated heterocycles. The highest BCUT2D eigenvalue weighted by molar-refractivity contribution is 5.16. The summed E-state index contributed by atoms with van der Waals surface area (Å²) in [5.41, 5.74) is -1.46. The maximum absolute atomic E-state index is 12.8. The first-order valence-corrected chi connectivity index (χ1v) is 3.47. The molecule has 0 bridgehead atoms. The maximum atomic E-state index is 12.8. The third-order valence-corrected chi connectivity index (χ3v) is 2.53. The van der Waals surface area contributed by atoms with Gasteiger partial charge in [0, 0.05) is 5.92 Å². The van der Waals surface area contributed by atoms with Crippen LogP contribution in [0.25, 0.3) is 0 Å². The minimum absolute atomic E-state index is 0.238. The highest BCUT2D eigenvalue weighted by atomic mass is 19.2. The Morgan fingerprint density at radius 1 is 1.44 bits per heavy atom. The molecule has 0 nitrogen and oxygen atoms in total. The molecule has 0 N–H and O–H groups in total. The van der Waals surface area contributed by atoms with Crippen molar-refractivity contribution in [3.8, 4) is 0 Å². The number of hydrogen-bond donors (Lipinski definition) is 0. The lowest BCUT2D eigenvalue weighted by atomic mass is 10.2. The minimum Gasteiger partial charge on any atom is -0.244 e. The van der Waals surface area contributed by atoms with Gasteiger partial charge in [-0.15, -0.1) is 0 Å². The largest absolute Gasteiger partial charge is 0.244 e. The molecule has 0 radical (unpaired) electrons. The second-order valence-corrected chi connectivity index (χ2v) is 3.42. The average molecular weight is 132 g/mol. The lowest BCUT2D eigenvalue weighted by Crippen LogP contribution is -1.97. The zero-order valence-corrected chi connectivity index (χ0v) is 5.40. The Kier molecular flexibility index (Phi) is 0.814. The standard InChI is InChI=1S/C7H10F2/c1-7(9)5(6(7)8)4-2-3-4/h4-6H,2-3H2,1H3. The summed E-state index contributed by atoms with van der Waals surface area (Å²) in [5.74, 6) is 0.146. The van der Waals surface area contributed by atoms with Crippen molar-refractivity contribution in [2.45, 2.75) is 31.6 Å². The van der Waals surface area contributed by atoms with Crippen LogP contribution in [0.4, 0.5) is 8.78 Å². The van der Waals surface area contributed by atoms with Crippen molar-refractivity contribution in [3.63, 3.8) is 0 Å². The van der Waals surface area contributed by atoms with Gasteiger partial charge in [0.25, 0.3) is 0 Å². The lowest BCUT2D eigenvalue weighted by Gasteiger charge is -1.91. The number of halogens is 2. The highest BCUT2D eigenvalue weighted by Crippen LogP contribution is 2.60. The second kappa shape index (κ2) is 1.30. The van der Waals surface area contributed by atoms with E-state index >= 15 is 0 Å². The van der Waals surface area contributed by atoms with Crippen molar-refractivity contribution < 1.29 is 8.78 Å². The van der Waals surface area contributed by atoms with Gasteiger partial charge in [-0.2, -0.15) is 0 Å². The van der Waals surface area contributed by atoms with E-state index in [9.17, 15) is 8.78 Å². The van der Waals surface area contributed by atoms with E-state index in [2.05, 4.69) is 0 Å². The monoisotopic (exact) mass is 132 g/mol.